The van der Waals surface area contributed by atoms with Crippen LogP contribution in [0.25, 0.3) is 0 Å². The molecule has 0 saturated heterocycles. The van der Waals surface area contributed by atoms with Gasteiger partial charge in [-0.3, -0.25) is 9.59 Å². The fraction of sp³-hybridized carbons (Fsp3) is 0.944. The van der Waals surface area contributed by atoms with Crippen LogP contribution in [0.5, 0.6) is 0 Å². The predicted molar refractivity (Wildman–Crippen MR) is 177 cm³/mol. The maximum Gasteiger partial charge on any atom is 0.308 e. The van der Waals surface area contributed by atoms with Crippen LogP contribution in [-0.4, -0.2) is 61.4 Å². The van der Waals surface area contributed by atoms with E-state index in [1.54, 1.807) is 0 Å². The Balaban J connectivity index is 3.86. The number of hydrogen-bond donors (Lipinski definition) is 1. The minimum atomic E-state index is -0.177. The number of nitrogens with zero attached hydrogens (tertiary/aromatic N) is 1. The van der Waals surface area contributed by atoms with Crippen molar-refractivity contribution in [1.82, 2.24) is 4.90 Å². The van der Waals surface area contributed by atoms with Gasteiger partial charge in [0.15, 0.2) is 0 Å². The number of carbonyl (C=O) groups excluding carboxylic acids is 2. The van der Waals surface area contributed by atoms with Crippen LogP contribution in [0.3, 0.4) is 0 Å². The molecule has 0 spiro atoms. The van der Waals surface area contributed by atoms with Crippen LogP contribution in [0.2, 0.25) is 0 Å². The van der Waals surface area contributed by atoms with E-state index in [1.807, 2.05) is 0 Å². The topological polar surface area (TPSA) is 76.1 Å². The molecule has 0 saturated carbocycles. The van der Waals surface area contributed by atoms with Crippen molar-refractivity contribution < 1.29 is 24.2 Å². The molecular formula is C36H71NO5. The number of unbranched alkanes of at least 4 members (excludes halogenated alkanes) is 17. The molecule has 0 aromatic heterocycles. The molecule has 6 nitrogen and oxygen atoms in total. The second-order valence-corrected chi connectivity index (χ2v) is 12.4. The van der Waals surface area contributed by atoms with Crippen LogP contribution >= 0.6 is 0 Å². The fourth-order valence-corrected chi connectivity index (χ4v) is 5.58. The normalized spacial score (nSPS) is 12.1. The zero-order valence-electron chi connectivity index (χ0n) is 28.3. The first-order valence-electron chi connectivity index (χ1n) is 18.2. The van der Waals surface area contributed by atoms with E-state index in [4.69, 9.17) is 14.6 Å². The van der Waals surface area contributed by atoms with E-state index in [-0.39, 0.29) is 17.9 Å². The molecular weight excluding hydrogens is 526 g/mol. The summed E-state index contributed by atoms with van der Waals surface area (Å²) in [5, 5.41) is 9.17. The maximum atomic E-state index is 12.6. The zero-order chi connectivity index (χ0) is 30.9. The van der Waals surface area contributed by atoms with Crippen molar-refractivity contribution in [2.24, 2.45) is 5.92 Å². The third-order valence-electron chi connectivity index (χ3n) is 8.32. The van der Waals surface area contributed by atoms with Crippen LogP contribution in [0, 0.1) is 5.92 Å². The molecule has 0 amide bonds. The molecule has 1 atom stereocenters. The van der Waals surface area contributed by atoms with Crippen LogP contribution in [0.4, 0.5) is 0 Å². The first-order valence-corrected chi connectivity index (χ1v) is 18.2. The molecule has 1 unspecified atom stereocenters. The van der Waals surface area contributed by atoms with Crippen LogP contribution in [0.1, 0.15) is 175 Å². The lowest BCUT2D eigenvalue weighted by Gasteiger charge is -2.22. The Bertz CT molecular complexity index is 585. The van der Waals surface area contributed by atoms with Gasteiger partial charge in [-0.15, -0.1) is 0 Å². The Morgan fingerprint density at radius 1 is 0.548 bits per heavy atom. The second kappa shape index (κ2) is 32.8. The molecule has 1 N–H and O–H groups in total. The maximum absolute atomic E-state index is 12.6. The zero-order valence-corrected chi connectivity index (χ0v) is 28.3. The number of aliphatic hydroxyl groups excluding tert-OH is 1. The summed E-state index contributed by atoms with van der Waals surface area (Å²) in [7, 11) is 0. The highest BCUT2D eigenvalue weighted by atomic mass is 16.5. The molecule has 250 valence electrons. The summed E-state index contributed by atoms with van der Waals surface area (Å²) in [6, 6.07) is 0. The van der Waals surface area contributed by atoms with Crippen molar-refractivity contribution in [3.05, 3.63) is 0 Å². The molecule has 0 heterocycles. The van der Waals surface area contributed by atoms with Crippen molar-refractivity contribution in [2.45, 2.75) is 175 Å². The number of ether oxygens (including phenoxy) is 2. The van der Waals surface area contributed by atoms with Crippen molar-refractivity contribution in [1.29, 1.82) is 0 Å². The molecule has 0 radical (unpaired) electrons. The van der Waals surface area contributed by atoms with Crippen molar-refractivity contribution in [2.75, 3.05) is 39.5 Å². The van der Waals surface area contributed by atoms with Gasteiger partial charge in [0.05, 0.1) is 19.1 Å². The molecule has 0 aliphatic carbocycles. The Morgan fingerprint density at radius 3 is 1.48 bits per heavy atom. The van der Waals surface area contributed by atoms with Crippen molar-refractivity contribution in [3.8, 4) is 0 Å². The highest BCUT2D eigenvalue weighted by Gasteiger charge is 2.18. The SMILES string of the molecule is CCCCCCC(CCCC)C(=O)OCCCCCCCCCN(CCCCO)CCCCCCCCCOC(C)=O. The van der Waals surface area contributed by atoms with Gasteiger partial charge >= 0.3 is 11.9 Å². The minimum absolute atomic E-state index is 0.0523. The molecule has 0 aromatic carbocycles. The standard InChI is InChI=1S/C36H71NO5/c1-4-6-8-19-27-35(26-7-5-2)36(40)42-33-25-18-14-10-12-16-21-29-37(30-22-23-31-38)28-20-15-11-9-13-17-24-32-41-34(3)39/h35,38H,4-33H2,1-3H3. The molecule has 0 aliphatic heterocycles. The first-order chi connectivity index (χ1) is 20.5. The van der Waals surface area contributed by atoms with E-state index < -0.39 is 0 Å². The molecule has 6 heteroatoms. The van der Waals surface area contributed by atoms with E-state index in [0.717, 1.165) is 77.2 Å². The summed E-state index contributed by atoms with van der Waals surface area (Å²) in [5.74, 6) is -0.0126. The monoisotopic (exact) mass is 598 g/mol. The summed E-state index contributed by atoms with van der Waals surface area (Å²) in [6.07, 6.45) is 28.1. The number of rotatable bonds is 33. The highest BCUT2D eigenvalue weighted by Crippen LogP contribution is 2.19. The summed E-state index contributed by atoms with van der Waals surface area (Å²) >= 11 is 0. The van der Waals surface area contributed by atoms with Crippen LogP contribution in [0.15, 0.2) is 0 Å². The van der Waals surface area contributed by atoms with Crippen LogP contribution in [-0.2, 0) is 19.1 Å². The number of aliphatic hydroxyl groups is 1. The molecule has 0 fully saturated rings. The smallest absolute Gasteiger partial charge is 0.308 e. The van der Waals surface area contributed by atoms with Crippen molar-refractivity contribution in [3.63, 3.8) is 0 Å². The predicted octanol–water partition coefficient (Wildman–Crippen LogP) is 9.41. The Hall–Kier alpha value is -1.14. The van der Waals surface area contributed by atoms with Gasteiger partial charge in [-0.25, -0.2) is 0 Å². The third kappa shape index (κ3) is 29.0. The first kappa shape index (κ1) is 40.9. The molecule has 0 bridgehead atoms. The molecule has 42 heavy (non-hydrogen) atoms. The lowest BCUT2D eigenvalue weighted by Crippen LogP contribution is -2.27. The largest absolute Gasteiger partial charge is 0.466 e. The van der Waals surface area contributed by atoms with E-state index in [0.29, 0.717) is 19.8 Å². The Labute approximate surface area is 261 Å². The average molecular weight is 598 g/mol. The number of esters is 2. The summed E-state index contributed by atoms with van der Waals surface area (Å²) in [6.45, 7) is 10.8. The lowest BCUT2D eigenvalue weighted by molar-refractivity contribution is -0.149. The molecule has 0 aliphatic rings. The summed E-state index contributed by atoms with van der Waals surface area (Å²) < 4.78 is 10.7. The van der Waals surface area contributed by atoms with Gasteiger partial charge in [-0.05, 0) is 71.0 Å². The molecule has 0 rings (SSSR count). The Kier molecular flexibility index (Phi) is 31.9. The second-order valence-electron chi connectivity index (χ2n) is 12.4. The van der Waals surface area contributed by atoms with Gasteiger partial charge in [0.25, 0.3) is 0 Å². The fourth-order valence-electron chi connectivity index (χ4n) is 5.58. The third-order valence-corrected chi connectivity index (χ3v) is 8.32. The van der Waals surface area contributed by atoms with E-state index in [1.165, 1.54) is 103 Å². The van der Waals surface area contributed by atoms with E-state index >= 15 is 0 Å². The molecule has 0 aromatic rings. The summed E-state index contributed by atoms with van der Waals surface area (Å²) in [5.41, 5.74) is 0. The quantitative estimate of drug-likeness (QED) is 0.0600. The van der Waals surface area contributed by atoms with Gasteiger partial charge < -0.3 is 19.5 Å². The van der Waals surface area contributed by atoms with Gasteiger partial charge in [-0.2, -0.15) is 0 Å². The Morgan fingerprint density at radius 2 is 0.976 bits per heavy atom. The lowest BCUT2D eigenvalue weighted by atomic mass is 9.95. The van der Waals surface area contributed by atoms with E-state index in [9.17, 15) is 9.59 Å². The number of hydrogen-bond acceptors (Lipinski definition) is 6. The van der Waals surface area contributed by atoms with Gasteiger partial charge in [0.2, 0.25) is 0 Å². The van der Waals surface area contributed by atoms with Gasteiger partial charge in [0.1, 0.15) is 0 Å². The summed E-state index contributed by atoms with van der Waals surface area (Å²) in [4.78, 5) is 26.0. The van der Waals surface area contributed by atoms with Crippen LogP contribution < -0.4 is 0 Å². The number of carbonyl (C=O) groups is 2. The van der Waals surface area contributed by atoms with Crippen molar-refractivity contribution >= 4 is 11.9 Å². The van der Waals surface area contributed by atoms with Gasteiger partial charge in [0, 0.05) is 13.5 Å². The van der Waals surface area contributed by atoms with E-state index in [2.05, 4.69) is 18.7 Å². The van der Waals surface area contributed by atoms with Gasteiger partial charge in [-0.1, -0.05) is 117 Å². The highest BCUT2D eigenvalue weighted by molar-refractivity contribution is 5.72. The average Bonchev–Trinajstić information content (AvgIpc) is 2.98. The minimum Gasteiger partial charge on any atom is -0.466 e.